The van der Waals surface area contributed by atoms with Crippen molar-refractivity contribution in [3.8, 4) is 0 Å². The largest absolute Gasteiger partial charge is 0.135 e. The van der Waals surface area contributed by atoms with Gasteiger partial charge < -0.3 is 0 Å². The number of thiophene rings is 1. The maximum atomic E-state index is 2.32. The molecule has 3 rings (SSSR count). The fourth-order valence-corrected chi connectivity index (χ4v) is 3.31. The summed E-state index contributed by atoms with van der Waals surface area (Å²) in [5.74, 6) is 0. The molecule has 0 atom stereocenters. The third-order valence-electron chi connectivity index (χ3n) is 3.24. The molecule has 0 nitrogen and oxygen atoms in total. The van der Waals surface area contributed by atoms with E-state index in [0.717, 1.165) is 0 Å². The Balaban J connectivity index is 2.53. The van der Waals surface area contributed by atoms with Gasteiger partial charge >= 0.3 is 0 Å². The maximum absolute atomic E-state index is 2.32. The summed E-state index contributed by atoms with van der Waals surface area (Å²) in [6.07, 6.45) is 0. The molecule has 2 aromatic carbocycles. The van der Waals surface area contributed by atoms with Gasteiger partial charge in [0.15, 0.2) is 0 Å². The van der Waals surface area contributed by atoms with Crippen LogP contribution in [0.3, 0.4) is 0 Å². The minimum Gasteiger partial charge on any atom is -0.135 e. The van der Waals surface area contributed by atoms with Gasteiger partial charge in [0, 0.05) is 20.2 Å². The standard InChI is InChI=1S/C15H14S/c1-9-4-5-14-12(6-9)13-7-10(2)11(3)8-15(13)16-14/h4-8H,1-3H3. The zero-order chi connectivity index (χ0) is 11.3. The van der Waals surface area contributed by atoms with E-state index in [1.165, 1.54) is 36.9 Å². The van der Waals surface area contributed by atoms with Crippen LogP contribution in [0.15, 0.2) is 30.3 Å². The summed E-state index contributed by atoms with van der Waals surface area (Å²) in [5.41, 5.74) is 4.11. The second kappa shape index (κ2) is 3.33. The summed E-state index contributed by atoms with van der Waals surface area (Å²) in [7, 11) is 0. The van der Waals surface area contributed by atoms with Gasteiger partial charge in [-0.05, 0) is 56.2 Å². The van der Waals surface area contributed by atoms with E-state index in [4.69, 9.17) is 0 Å². The summed E-state index contributed by atoms with van der Waals surface area (Å²) in [6.45, 7) is 6.53. The molecule has 0 aliphatic rings. The normalized spacial score (nSPS) is 11.4. The van der Waals surface area contributed by atoms with Gasteiger partial charge in [-0.1, -0.05) is 11.6 Å². The first-order valence-electron chi connectivity index (χ1n) is 5.55. The molecule has 3 aromatic rings. The van der Waals surface area contributed by atoms with Gasteiger partial charge in [-0.15, -0.1) is 11.3 Å². The first kappa shape index (κ1) is 9.86. The fourth-order valence-electron chi connectivity index (χ4n) is 2.15. The van der Waals surface area contributed by atoms with E-state index < -0.39 is 0 Å². The summed E-state index contributed by atoms with van der Waals surface area (Å²) in [4.78, 5) is 0. The lowest BCUT2D eigenvalue weighted by molar-refractivity contribution is 1.37. The Morgan fingerprint density at radius 2 is 1.44 bits per heavy atom. The van der Waals surface area contributed by atoms with E-state index in [2.05, 4.69) is 51.1 Å². The Kier molecular flexibility index (Phi) is 2.05. The van der Waals surface area contributed by atoms with Gasteiger partial charge in [-0.2, -0.15) is 0 Å². The SMILES string of the molecule is Cc1ccc2sc3cc(C)c(C)cc3c2c1. The maximum Gasteiger partial charge on any atom is 0.0358 e. The van der Waals surface area contributed by atoms with E-state index in [9.17, 15) is 0 Å². The van der Waals surface area contributed by atoms with Crippen LogP contribution >= 0.6 is 11.3 Å². The highest BCUT2D eigenvalue weighted by molar-refractivity contribution is 7.25. The highest BCUT2D eigenvalue weighted by atomic mass is 32.1. The summed E-state index contributed by atoms with van der Waals surface area (Å²) in [5, 5.41) is 2.81. The number of hydrogen-bond donors (Lipinski definition) is 0. The van der Waals surface area contributed by atoms with Crippen LogP contribution in [0.25, 0.3) is 20.2 Å². The molecule has 0 bridgehead atoms. The lowest BCUT2D eigenvalue weighted by Crippen LogP contribution is -1.78. The minimum absolute atomic E-state index is 1.34. The minimum atomic E-state index is 1.34. The van der Waals surface area contributed by atoms with Gasteiger partial charge in [-0.25, -0.2) is 0 Å². The molecule has 0 radical (unpaired) electrons. The number of fused-ring (bicyclic) bond motifs is 3. The first-order chi connectivity index (χ1) is 7.65. The highest BCUT2D eigenvalue weighted by Gasteiger charge is 2.06. The second-order valence-corrected chi connectivity index (χ2v) is 5.62. The quantitative estimate of drug-likeness (QED) is 0.507. The molecule has 0 saturated heterocycles. The molecule has 1 heterocycles. The van der Waals surface area contributed by atoms with Crippen LogP contribution in [0.2, 0.25) is 0 Å². The van der Waals surface area contributed by atoms with Crippen molar-refractivity contribution in [1.82, 2.24) is 0 Å². The van der Waals surface area contributed by atoms with Crippen molar-refractivity contribution >= 4 is 31.5 Å². The molecule has 0 spiro atoms. The molecule has 0 saturated carbocycles. The summed E-state index contributed by atoms with van der Waals surface area (Å²) in [6, 6.07) is 11.4. The Morgan fingerprint density at radius 3 is 2.25 bits per heavy atom. The third kappa shape index (κ3) is 1.35. The molecule has 16 heavy (non-hydrogen) atoms. The van der Waals surface area contributed by atoms with Crippen LogP contribution in [0.5, 0.6) is 0 Å². The lowest BCUT2D eigenvalue weighted by atomic mass is 10.0. The van der Waals surface area contributed by atoms with Gasteiger partial charge in [0.1, 0.15) is 0 Å². The Labute approximate surface area is 99.5 Å². The second-order valence-electron chi connectivity index (χ2n) is 4.53. The first-order valence-corrected chi connectivity index (χ1v) is 6.37. The van der Waals surface area contributed by atoms with Gasteiger partial charge in [0.2, 0.25) is 0 Å². The molecule has 80 valence electrons. The van der Waals surface area contributed by atoms with Crippen LogP contribution < -0.4 is 0 Å². The highest BCUT2D eigenvalue weighted by Crippen LogP contribution is 2.35. The van der Waals surface area contributed by atoms with Crippen LogP contribution in [-0.4, -0.2) is 0 Å². The van der Waals surface area contributed by atoms with Crippen LogP contribution in [0, 0.1) is 20.8 Å². The summed E-state index contributed by atoms with van der Waals surface area (Å²) < 4.78 is 2.80. The van der Waals surface area contributed by atoms with E-state index in [1.807, 2.05) is 11.3 Å². The van der Waals surface area contributed by atoms with Crippen molar-refractivity contribution in [1.29, 1.82) is 0 Å². The van der Waals surface area contributed by atoms with E-state index in [0.29, 0.717) is 0 Å². The molecule has 0 aliphatic heterocycles. The molecule has 0 unspecified atom stereocenters. The van der Waals surface area contributed by atoms with E-state index in [1.54, 1.807) is 0 Å². The number of rotatable bonds is 0. The van der Waals surface area contributed by atoms with Crippen molar-refractivity contribution in [2.45, 2.75) is 20.8 Å². The van der Waals surface area contributed by atoms with Gasteiger partial charge in [-0.3, -0.25) is 0 Å². The van der Waals surface area contributed by atoms with Crippen molar-refractivity contribution < 1.29 is 0 Å². The average molecular weight is 226 g/mol. The Morgan fingerprint density at radius 1 is 0.750 bits per heavy atom. The third-order valence-corrected chi connectivity index (χ3v) is 4.37. The number of hydrogen-bond acceptors (Lipinski definition) is 1. The van der Waals surface area contributed by atoms with Crippen LogP contribution in [0.4, 0.5) is 0 Å². The predicted molar refractivity (Wildman–Crippen MR) is 73.5 cm³/mol. The Hall–Kier alpha value is -1.34. The molecule has 0 aliphatic carbocycles. The fraction of sp³-hybridized carbons (Fsp3) is 0.200. The number of benzene rings is 2. The van der Waals surface area contributed by atoms with E-state index >= 15 is 0 Å². The molecule has 0 amide bonds. The average Bonchev–Trinajstić information content (AvgIpc) is 2.57. The lowest BCUT2D eigenvalue weighted by Gasteiger charge is -1.99. The predicted octanol–water partition coefficient (Wildman–Crippen LogP) is 4.98. The smallest absolute Gasteiger partial charge is 0.0358 e. The molecule has 0 N–H and O–H groups in total. The summed E-state index contributed by atoms with van der Waals surface area (Å²) >= 11 is 1.89. The van der Waals surface area contributed by atoms with Crippen molar-refractivity contribution in [3.05, 3.63) is 47.0 Å². The Bertz CT molecular complexity index is 689. The number of aryl methyl sites for hydroxylation is 3. The molecular weight excluding hydrogens is 212 g/mol. The van der Waals surface area contributed by atoms with Crippen molar-refractivity contribution in [3.63, 3.8) is 0 Å². The molecule has 0 fully saturated rings. The topological polar surface area (TPSA) is 0 Å². The van der Waals surface area contributed by atoms with Crippen molar-refractivity contribution in [2.75, 3.05) is 0 Å². The monoisotopic (exact) mass is 226 g/mol. The zero-order valence-electron chi connectivity index (χ0n) is 9.79. The zero-order valence-corrected chi connectivity index (χ0v) is 10.6. The molecular formula is C15H14S. The van der Waals surface area contributed by atoms with Gasteiger partial charge in [0.25, 0.3) is 0 Å². The molecule has 1 heteroatoms. The van der Waals surface area contributed by atoms with Crippen molar-refractivity contribution in [2.24, 2.45) is 0 Å². The molecule has 1 aromatic heterocycles. The van der Waals surface area contributed by atoms with Crippen LogP contribution in [-0.2, 0) is 0 Å². The van der Waals surface area contributed by atoms with Gasteiger partial charge in [0.05, 0.1) is 0 Å². The van der Waals surface area contributed by atoms with Crippen LogP contribution in [0.1, 0.15) is 16.7 Å². The van der Waals surface area contributed by atoms with E-state index in [-0.39, 0.29) is 0 Å².